The lowest BCUT2D eigenvalue weighted by Crippen LogP contribution is -2.34. The van der Waals surface area contributed by atoms with Crippen molar-refractivity contribution in [2.75, 3.05) is 7.05 Å². The molecule has 1 aromatic rings. The first kappa shape index (κ1) is 13.8. The molecule has 1 aliphatic rings. The van der Waals surface area contributed by atoms with Crippen molar-refractivity contribution in [3.8, 4) is 0 Å². The first-order chi connectivity index (χ1) is 7.93. The lowest BCUT2D eigenvalue weighted by Gasteiger charge is -2.22. The van der Waals surface area contributed by atoms with Crippen LogP contribution < -0.4 is 0 Å². The van der Waals surface area contributed by atoms with Gasteiger partial charge in [-0.05, 0) is 34.8 Å². The van der Waals surface area contributed by atoms with Crippen LogP contribution in [0.25, 0.3) is 0 Å². The van der Waals surface area contributed by atoms with E-state index in [0.717, 1.165) is 37.0 Å². The number of thiophene rings is 1. The second-order valence-corrected chi connectivity index (χ2v) is 9.15. The maximum atomic E-state index is 12.3. The highest BCUT2D eigenvalue weighted by Crippen LogP contribution is 2.37. The fraction of sp³-hybridized carbons (Fsp3) is 0.600. The Morgan fingerprint density at radius 3 is 2.53 bits per heavy atom. The van der Waals surface area contributed by atoms with Gasteiger partial charge in [-0.3, -0.25) is 0 Å². The van der Waals surface area contributed by atoms with Crippen LogP contribution in [0.4, 0.5) is 0 Å². The van der Waals surface area contributed by atoms with E-state index in [9.17, 15) is 8.42 Å². The molecule has 0 bridgehead atoms. The molecule has 1 aliphatic carbocycles. The summed E-state index contributed by atoms with van der Waals surface area (Å²) in [7, 11) is -1.73. The van der Waals surface area contributed by atoms with E-state index in [4.69, 9.17) is 11.6 Å². The largest absolute Gasteiger partial charge is 0.252 e. The van der Waals surface area contributed by atoms with Gasteiger partial charge < -0.3 is 0 Å². The zero-order chi connectivity index (χ0) is 12.6. The van der Waals surface area contributed by atoms with E-state index in [1.54, 1.807) is 7.05 Å². The van der Waals surface area contributed by atoms with Gasteiger partial charge in [0.1, 0.15) is 4.21 Å². The normalized spacial score (nSPS) is 18.1. The Hall–Kier alpha value is 0.380. The third-order valence-electron chi connectivity index (χ3n) is 3.09. The Labute approximate surface area is 119 Å². The van der Waals surface area contributed by atoms with Gasteiger partial charge in [0.15, 0.2) is 0 Å². The van der Waals surface area contributed by atoms with Gasteiger partial charge in [-0.25, -0.2) is 8.42 Å². The van der Waals surface area contributed by atoms with E-state index >= 15 is 0 Å². The maximum absolute atomic E-state index is 12.3. The Balaban J connectivity index is 2.29. The number of hydrogen-bond acceptors (Lipinski definition) is 3. The van der Waals surface area contributed by atoms with Gasteiger partial charge in [-0.2, -0.15) is 4.31 Å². The van der Waals surface area contributed by atoms with Gasteiger partial charge in [0.2, 0.25) is 0 Å². The summed E-state index contributed by atoms with van der Waals surface area (Å²) in [5.41, 5.74) is 0. The summed E-state index contributed by atoms with van der Waals surface area (Å²) in [6, 6.07) is 1.65. The highest BCUT2D eigenvalue weighted by Gasteiger charge is 2.31. The van der Waals surface area contributed by atoms with Crippen LogP contribution in [0.15, 0.2) is 14.1 Å². The minimum atomic E-state index is -3.39. The second-order valence-electron chi connectivity index (χ2n) is 4.15. The number of hydrogen-bond donors (Lipinski definition) is 0. The van der Waals surface area contributed by atoms with Crippen LogP contribution in [0, 0.1) is 0 Å². The molecule has 2 rings (SSSR count). The molecule has 0 radical (unpaired) electrons. The van der Waals surface area contributed by atoms with Gasteiger partial charge in [-0.15, -0.1) is 11.3 Å². The number of nitrogens with zero attached hydrogens (tertiary/aromatic N) is 1. The maximum Gasteiger partial charge on any atom is 0.252 e. The second kappa shape index (κ2) is 5.17. The molecule has 0 amide bonds. The topological polar surface area (TPSA) is 37.4 Å². The number of sulfonamides is 1. The zero-order valence-corrected chi connectivity index (χ0v) is 13.3. The van der Waals surface area contributed by atoms with E-state index in [1.165, 1.54) is 10.4 Å². The van der Waals surface area contributed by atoms with Gasteiger partial charge in [-0.1, -0.05) is 24.4 Å². The smallest absolute Gasteiger partial charge is 0.206 e. The number of rotatable bonds is 3. The predicted molar refractivity (Wildman–Crippen MR) is 74.2 cm³/mol. The molecule has 0 aromatic carbocycles. The van der Waals surface area contributed by atoms with Gasteiger partial charge in [0, 0.05) is 13.1 Å². The molecule has 0 atom stereocenters. The molecule has 0 spiro atoms. The first-order valence-corrected chi connectivity index (χ1v) is 8.78. The number of halogens is 2. The van der Waals surface area contributed by atoms with Crippen LogP contribution in [-0.4, -0.2) is 25.8 Å². The Morgan fingerprint density at radius 1 is 1.47 bits per heavy atom. The van der Waals surface area contributed by atoms with Crippen LogP contribution in [0.3, 0.4) is 0 Å². The van der Waals surface area contributed by atoms with Crippen LogP contribution in [0.5, 0.6) is 0 Å². The fourth-order valence-electron chi connectivity index (χ4n) is 2.06. The molecule has 1 saturated carbocycles. The van der Waals surface area contributed by atoms with Crippen molar-refractivity contribution in [2.24, 2.45) is 0 Å². The van der Waals surface area contributed by atoms with Crippen LogP contribution in [0.1, 0.15) is 25.7 Å². The molecule has 1 aromatic heterocycles. The first-order valence-electron chi connectivity index (χ1n) is 5.36. The van der Waals surface area contributed by atoms with Crippen molar-refractivity contribution < 1.29 is 8.42 Å². The summed E-state index contributed by atoms with van der Waals surface area (Å²) in [5.74, 6) is 0. The SMILES string of the molecule is CN(C1CCCC1)S(=O)(=O)c1cc(Cl)c(Br)s1. The molecular weight excluding hydrogens is 346 g/mol. The average Bonchev–Trinajstić information content (AvgIpc) is 2.88. The van der Waals surface area contributed by atoms with E-state index in [2.05, 4.69) is 15.9 Å². The van der Waals surface area contributed by atoms with E-state index in [1.807, 2.05) is 0 Å². The van der Waals surface area contributed by atoms with Crippen molar-refractivity contribution in [1.29, 1.82) is 0 Å². The summed E-state index contributed by atoms with van der Waals surface area (Å²) in [6.07, 6.45) is 4.13. The van der Waals surface area contributed by atoms with E-state index in [-0.39, 0.29) is 6.04 Å². The molecule has 17 heavy (non-hydrogen) atoms. The van der Waals surface area contributed by atoms with Crippen molar-refractivity contribution in [3.63, 3.8) is 0 Å². The van der Waals surface area contributed by atoms with Crippen molar-refractivity contribution in [1.82, 2.24) is 4.31 Å². The average molecular weight is 359 g/mol. The van der Waals surface area contributed by atoms with Gasteiger partial charge in [0.05, 0.1) is 8.81 Å². The minimum absolute atomic E-state index is 0.139. The highest BCUT2D eigenvalue weighted by molar-refractivity contribution is 9.11. The zero-order valence-electron chi connectivity index (χ0n) is 9.32. The molecule has 0 unspecified atom stereocenters. The molecule has 0 saturated heterocycles. The summed E-state index contributed by atoms with van der Waals surface area (Å²) in [5, 5.41) is 0.452. The minimum Gasteiger partial charge on any atom is -0.206 e. The quantitative estimate of drug-likeness (QED) is 0.825. The standard InChI is InChI=1S/C10H13BrClNO2S2/c1-13(7-4-2-3-5-7)17(14,15)9-6-8(12)10(11)16-9/h6-7H,2-5H2,1H3. The van der Waals surface area contributed by atoms with Crippen LogP contribution in [0.2, 0.25) is 5.02 Å². The Kier molecular flexibility index (Phi) is 4.20. The van der Waals surface area contributed by atoms with Gasteiger partial charge >= 0.3 is 0 Å². The molecule has 3 nitrogen and oxygen atoms in total. The third kappa shape index (κ3) is 2.71. The lowest BCUT2D eigenvalue weighted by molar-refractivity contribution is 0.374. The van der Waals surface area contributed by atoms with Crippen molar-refractivity contribution in [2.45, 2.75) is 35.9 Å². The van der Waals surface area contributed by atoms with E-state index in [0.29, 0.717) is 13.0 Å². The third-order valence-corrected chi connectivity index (χ3v) is 7.93. The fourth-order valence-corrected chi connectivity index (χ4v) is 6.06. The van der Waals surface area contributed by atoms with Crippen molar-refractivity contribution in [3.05, 3.63) is 14.9 Å². The summed E-state index contributed by atoms with van der Waals surface area (Å²) in [6.45, 7) is 0. The summed E-state index contributed by atoms with van der Waals surface area (Å²) in [4.78, 5) is 0. The highest BCUT2D eigenvalue weighted by atomic mass is 79.9. The van der Waals surface area contributed by atoms with Crippen LogP contribution >= 0.6 is 38.9 Å². The van der Waals surface area contributed by atoms with Gasteiger partial charge in [0.25, 0.3) is 10.0 Å². The molecular formula is C10H13BrClNO2S2. The predicted octanol–water partition coefficient (Wildman–Crippen LogP) is 3.73. The Morgan fingerprint density at radius 2 is 2.06 bits per heavy atom. The van der Waals surface area contributed by atoms with Crippen LogP contribution in [-0.2, 0) is 10.0 Å². The lowest BCUT2D eigenvalue weighted by atomic mass is 10.3. The molecule has 7 heteroatoms. The monoisotopic (exact) mass is 357 g/mol. The molecule has 0 aliphatic heterocycles. The Bertz CT molecular complexity index is 489. The summed E-state index contributed by atoms with van der Waals surface area (Å²) < 4.78 is 27.2. The van der Waals surface area contributed by atoms with E-state index < -0.39 is 10.0 Å². The molecule has 0 N–H and O–H groups in total. The molecule has 1 heterocycles. The summed E-state index contributed by atoms with van der Waals surface area (Å²) >= 11 is 10.3. The molecule has 1 fully saturated rings. The molecule has 96 valence electrons. The van der Waals surface area contributed by atoms with Crippen molar-refractivity contribution >= 4 is 48.9 Å².